The third-order valence-electron chi connectivity index (χ3n) is 6.38. The Morgan fingerprint density at radius 1 is 1.06 bits per heavy atom. The zero-order valence-corrected chi connectivity index (χ0v) is 18.8. The van der Waals surface area contributed by atoms with Gasteiger partial charge >= 0.3 is 0 Å². The molecule has 1 amide bonds. The van der Waals surface area contributed by atoms with E-state index in [-0.39, 0.29) is 10.8 Å². The van der Waals surface area contributed by atoms with Crippen LogP contribution in [0.3, 0.4) is 0 Å². The van der Waals surface area contributed by atoms with E-state index in [0.29, 0.717) is 29.6 Å². The SMILES string of the molecule is CC(=O)N1CCc2ccc(S(=O)(=O)n3cc(C4=CCN(C)CC4)c4cc(F)ccc43)cc21. The predicted molar refractivity (Wildman–Crippen MR) is 123 cm³/mol. The highest BCUT2D eigenvalue weighted by Gasteiger charge is 2.28. The summed E-state index contributed by atoms with van der Waals surface area (Å²) in [5, 5.41) is 0.580. The summed E-state index contributed by atoms with van der Waals surface area (Å²) in [5.74, 6) is -0.520. The van der Waals surface area contributed by atoms with Gasteiger partial charge in [-0.1, -0.05) is 12.1 Å². The van der Waals surface area contributed by atoms with Gasteiger partial charge in [-0.25, -0.2) is 16.8 Å². The summed E-state index contributed by atoms with van der Waals surface area (Å²) in [6.45, 7) is 3.64. The lowest BCUT2D eigenvalue weighted by molar-refractivity contribution is -0.116. The molecule has 0 saturated carbocycles. The Morgan fingerprint density at radius 3 is 2.59 bits per heavy atom. The molecule has 5 rings (SSSR count). The number of carbonyl (C=O) groups excluding carboxylic acids is 1. The number of likely N-dealkylation sites (N-methyl/N-ethyl adjacent to an activating group) is 1. The molecule has 1 aromatic heterocycles. The van der Waals surface area contributed by atoms with Crippen molar-refractivity contribution in [2.24, 2.45) is 0 Å². The second kappa shape index (κ2) is 7.56. The number of hydrogen-bond acceptors (Lipinski definition) is 4. The summed E-state index contributed by atoms with van der Waals surface area (Å²) in [4.78, 5) is 15.9. The third-order valence-corrected chi connectivity index (χ3v) is 8.05. The number of fused-ring (bicyclic) bond motifs is 2. The number of amides is 1. The maximum atomic E-state index is 14.1. The van der Waals surface area contributed by atoms with Gasteiger partial charge in [-0.3, -0.25) is 4.79 Å². The van der Waals surface area contributed by atoms with Crippen molar-refractivity contribution >= 4 is 38.1 Å². The molecule has 6 nitrogen and oxygen atoms in total. The molecule has 0 saturated heterocycles. The van der Waals surface area contributed by atoms with Gasteiger partial charge in [-0.05, 0) is 61.4 Å². The Hall–Kier alpha value is -2.97. The third kappa shape index (κ3) is 3.34. The van der Waals surface area contributed by atoms with E-state index in [1.54, 1.807) is 29.3 Å². The summed E-state index contributed by atoms with van der Waals surface area (Å²) in [7, 11) is -1.93. The molecule has 2 aromatic carbocycles. The van der Waals surface area contributed by atoms with Crippen molar-refractivity contribution in [1.29, 1.82) is 0 Å². The highest BCUT2D eigenvalue weighted by Crippen LogP contribution is 2.35. The normalized spacial score (nSPS) is 17.0. The summed E-state index contributed by atoms with van der Waals surface area (Å²) < 4.78 is 42.8. The second-order valence-electron chi connectivity index (χ2n) is 8.46. The van der Waals surface area contributed by atoms with Gasteiger partial charge in [0.25, 0.3) is 10.0 Å². The monoisotopic (exact) mass is 453 g/mol. The van der Waals surface area contributed by atoms with Crippen LogP contribution in [0.1, 0.15) is 24.5 Å². The Labute approximate surface area is 186 Å². The van der Waals surface area contributed by atoms with E-state index < -0.39 is 15.8 Å². The van der Waals surface area contributed by atoms with Gasteiger partial charge in [0, 0.05) is 49.4 Å². The fourth-order valence-corrected chi connectivity index (χ4v) is 5.99. The number of halogens is 1. The van der Waals surface area contributed by atoms with Crippen molar-refractivity contribution in [1.82, 2.24) is 8.87 Å². The Bertz CT molecular complexity index is 1390. The topological polar surface area (TPSA) is 62.6 Å². The highest BCUT2D eigenvalue weighted by atomic mass is 32.2. The first-order valence-electron chi connectivity index (χ1n) is 10.6. The van der Waals surface area contributed by atoms with Crippen molar-refractivity contribution in [2.45, 2.75) is 24.7 Å². The standard InChI is InChI=1S/C24H24FN3O3S/c1-16(29)27-12-9-18-3-5-20(14-24(18)27)32(30,31)28-15-22(17-7-10-26(2)11-8-17)21-13-19(25)4-6-23(21)28/h3-7,13-15H,8-12H2,1-2H3. The Kier molecular flexibility index (Phi) is 4.94. The number of anilines is 1. The molecule has 0 unspecified atom stereocenters. The van der Waals surface area contributed by atoms with Crippen LogP contribution in [0.25, 0.3) is 16.5 Å². The first-order chi connectivity index (χ1) is 15.3. The van der Waals surface area contributed by atoms with E-state index in [1.807, 2.05) is 7.05 Å². The van der Waals surface area contributed by atoms with Gasteiger partial charge in [0.05, 0.1) is 10.4 Å². The molecule has 0 aliphatic carbocycles. The van der Waals surface area contributed by atoms with E-state index in [1.165, 1.54) is 29.1 Å². The van der Waals surface area contributed by atoms with Gasteiger partial charge < -0.3 is 9.80 Å². The lowest BCUT2D eigenvalue weighted by Gasteiger charge is -2.21. The van der Waals surface area contributed by atoms with Crippen LogP contribution in [0.5, 0.6) is 0 Å². The van der Waals surface area contributed by atoms with Crippen LogP contribution in [0.15, 0.2) is 53.6 Å². The number of nitrogens with zero attached hydrogens (tertiary/aromatic N) is 3. The molecule has 3 aromatic rings. The van der Waals surface area contributed by atoms with E-state index in [9.17, 15) is 17.6 Å². The number of aromatic nitrogens is 1. The summed E-state index contributed by atoms with van der Waals surface area (Å²) in [6, 6.07) is 9.12. The van der Waals surface area contributed by atoms with Gasteiger partial charge in [-0.15, -0.1) is 0 Å². The fourth-order valence-electron chi connectivity index (χ4n) is 4.60. The first kappa shape index (κ1) is 20.9. The van der Waals surface area contributed by atoms with Crippen LogP contribution in [-0.4, -0.2) is 49.9 Å². The van der Waals surface area contributed by atoms with Gasteiger partial charge in [-0.2, -0.15) is 0 Å². The number of hydrogen-bond donors (Lipinski definition) is 0. The molecule has 0 bridgehead atoms. The van der Waals surface area contributed by atoms with Crippen LogP contribution in [-0.2, 0) is 21.2 Å². The second-order valence-corrected chi connectivity index (χ2v) is 10.3. The number of carbonyl (C=O) groups is 1. The lowest BCUT2D eigenvalue weighted by atomic mass is 9.99. The number of benzene rings is 2. The van der Waals surface area contributed by atoms with Gasteiger partial charge in [0.1, 0.15) is 5.82 Å². The van der Waals surface area contributed by atoms with Crippen LogP contribution >= 0.6 is 0 Å². The van der Waals surface area contributed by atoms with Crippen molar-refractivity contribution < 1.29 is 17.6 Å². The fraction of sp³-hybridized carbons (Fsp3) is 0.292. The molecule has 0 atom stereocenters. The largest absolute Gasteiger partial charge is 0.312 e. The highest BCUT2D eigenvalue weighted by molar-refractivity contribution is 7.90. The molecule has 2 aliphatic rings. The van der Waals surface area contributed by atoms with E-state index in [0.717, 1.165) is 36.2 Å². The maximum Gasteiger partial charge on any atom is 0.268 e. The molecule has 32 heavy (non-hydrogen) atoms. The minimum atomic E-state index is -3.96. The lowest BCUT2D eigenvalue weighted by Crippen LogP contribution is -2.26. The van der Waals surface area contributed by atoms with Crippen LogP contribution in [0, 0.1) is 5.82 Å². The summed E-state index contributed by atoms with van der Waals surface area (Å²) in [6.07, 6.45) is 5.14. The van der Waals surface area contributed by atoms with Gasteiger partial charge in [0.2, 0.25) is 5.91 Å². The first-order valence-corrected chi connectivity index (χ1v) is 12.0. The van der Waals surface area contributed by atoms with Gasteiger partial charge in [0.15, 0.2) is 0 Å². The van der Waals surface area contributed by atoms with E-state index >= 15 is 0 Å². The zero-order valence-electron chi connectivity index (χ0n) is 18.0. The predicted octanol–water partition coefficient (Wildman–Crippen LogP) is 3.65. The molecule has 0 radical (unpaired) electrons. The van der Waals surface area contributed by atoms with E-state index in [4.69, 9.17) is 0 Å². The number of rotatable bonds is 3. The quantitative estimate of drug-likeness (QED) is 0.608. The summed E-state index contributed by atoms with van der Waals surface area (Å²) in [5.41, 5.74) is 3.78. The molecule has 0 N–H and O–H groups in total. The molecular formula is C24H24FN3O3S. The molecule has 0 fully saturated rings. The zero-order chi connectivity index (χ0) is 22.6. The maximum absolute atomic E-state index is 14.1. The van der Waals surface area contributed by atoms with E-state index in [2.05, 4.69) is 11.0 Å². The molecule has 3 heterocycles. The smallest absolute Gasteiger partial charge is 0.268 e. The van der Waals surface area contributed by atoms with Crippen molar-refractivity contribution in [2.75, 3.05) is 31.6 Å². The molecule has 8 heteroatoms. The molecule has 0 spiro atoms. The molecule has 166 valence electrons. The Morgan fingerprint density at radius 2 is 1.88 bits per heavy atom. The summed E-state index contributed by atoms with van der Waals surface area (Å²) >= 11 is 0. The minimum absolute atomic E-state index is 0.106. The van der Waals surface area contributed by atoms with Crippen LogP contribution in [0.2, 0.25) is 0 Å². The van der Waals surface area contributed by atoms with Crippen molar-refractivity contribution in [3.63, 3.8) is 0 Å². The minimum Gasteiger partial charge on any atom is -0.312 e. The Balaban J connectivity index is 1.67. The molecule has 2 aliphatic heterocycles. The average Bonchev–Trinajstić information content (AvgIpc) is 3.35. The van der Waals surface area contributed by atoms with Crippen LogP contribution in [0.4, 0.5) is 10.1 Å². The average molecular weight is 454 g/mol. The molecular weight excluding hydrogens is 429 g/mol. The van der Waals surface area contributed by atoms with Crippen molar-refractivity contribution in [3.05, 3.63) is 65.6 Å². The van der Waals surface area contributed by atoms with Crippen LogP contribution < -0.4 is 4.90 Å². The van der Waals surface area contributed by atoms with Crippen molar-refractivity contribution in [3.8, 4) is 0 Å².